The van der Waals surface area contributed by atoms with Gasteiger partial charge in [-0.15, -0.1) is 24.0 Å². The normalized spacial score (nSPS) is 11.0. The van der Waals surface area contributed by atoms with E-state index in [4.69, 9.17) is 0 Å². The standard InChI is InChI=1S/C18H20F3N3.HI/c1-22-18(23-10-8-13-4-2-5-14(19)12-13)24-11-9-15-16(20)6-3-7-17(15)21;/h2-7,12H,8-11H2,1H3,(H2,22,23,24);1H. The Morgan fingerprint density at radius 2 is 1.52 bits per heavy atom. The van der Waals surface area contributed by atoms with E-state index in [1.54, 1.807) is 13.1 Å². The Balaban J connectivity index is 0.00000312. The molecule has 2 aromatic rings. The lowest BCUT2D eigenvalue weighted by Crippen LogP contribution is -2.39. The fourth-order valence-electron chi connectivity index (χ4n) is 2.32. The monoisotopic (exact) mass is 463 g/mol. The van der Waals surface area contributed by atoms with E-state index >= 15 is 0 Å². The first kappa shape index (κ1) is 21.3. The van der Waals surface area contributed by atoms with Crippen LogP contribution in [0.2, 0.25) is 0 Å². The summed E-state index contributed by atoms with van der Waals surface area (Å²) in [6, 6.07) is 10.2. The first-order chi connectivity index (χ1) is 11.6. The van der Waals surface area contributed by atoms with Gasteiger partial charge < -0.3 is 10.6 Å². The summed E-state index contributed by atoms with van der Waals surface area (Å²) in [6.45, 7) is 0.911. The molecule has 0 amide bonds. The van der Waals surface area contributed by atoms with Gasteiger partial charge in [0.05, 0.1) is 0 Å². The predicted octanol–water partition coefficient (Wildman–Crippen LogP) is 3.67. The maximum absolute atomic E-state index is 13.5. The molecule has 136 valence electrons. The van der Waals surface area contributed by atoms with Crippen LogP contribution >= 0.6 is 24.0 Å². The SMILES string of the molecule is CN=C(NCCc1cccc(F)c1)NCCc1c(F)cccc1F.I. The molecule has 0 aromatic heterocycles. The second-order valence-electron chi connectivity index (χ2n) is 5.26. The van der Waals surface area contributed by atoms with Crippen molar-refractivity contribution in [1.29, 1.82) is 0 Å². The van der Waals surface area contributed by atoms with Gasteiger partial charge in [0.2, 0.25) is 0 Å². The van der Waals surface area contributed by atoms with Crippen LogP contribution in [0, 0.1) is 17.5 Å². The van der Waals surface area contributed by atoms with Crippen molar-refractivity contribution in [3.05, 3.63) is 71.0 Å². The quantitative estimate of drug-likeness (QED) is 0.390. The fraction of sp³-hybridized carbons (Fsp3) is 0.278. The third kappa shape index (κ3) is 6.93. The van der Waals surface area contributed by atoms with Crippen LogP contribution in [0.4, 0.5) is 13.2 Å². The molecule has 0 saturated carbocycles. The van der Waals surface area contributed by atoms with Gasteiger partial charge >= 0.3 is 0 Å². The summed E-state index contributed by atoms with van der Waals surface area (Å²) in [6.07, 6.45) is 0.851. The first-order valence-corrected chi connectivity index (χ1v) is 7.72. The number of rotatable bonds is 6. The molecule has 0 radical (unpaired) electrons. The lowest BCUT2D eigenvalue weighted by molar-refractivity contribution is 0.553. The summed E-state index contributed by atoms with van der Waals surface area (Å²) >= 11 is 0. The Hall–Kier alpha value is -1.77. The van der Waals surface area contributed by atoms with Crippen molar-refractivity contribution in [3.8, 4) is 0 Å². The maximum atomic E-state index is 13.5. The van der Waals surface area contributed by atoms with Crippen LogP contribution < -0.4 is 10.6 Å². The molecule has 2 aromatic carbocycles. The van der Waals surface area contributed by atoms with E-state index in [0.29, 0.717) is 25.5 Å². The minimum absolute atomic E-state index is 0. The average Bonchev–Trinajstić information content (AvgIpc) is 2.56. The van der Waals surface area contributed by atoms with Crippen molar-refractivity contribution in [2.75, 3.05) is 20.1 Å². The Kier molecular flexibility index (Phi) is 9.33. The molecule has 0 bridgehead atoms. The molecule has 0 aliphatic carbocycles. The molecule has 0 spiro atoms. The van der Waals surface area contributed by atoms with Gasteiger partial charge in [0.15, 0.2) is 5.96 Å². The Morgan fingerprint density at radius 1 is 0.920 bits per heavy atom. The summed E-state index contributed by atoms with van der Waals surface area (Å²) in [7, 11) is 1.61. The van der Waals surface area contributed by atoms with Crippen molar-refractivity contribution < 1.29 is 13.2 Å². The molecule has 25 heavy (non-hydrogen) atoms. The average molecular weight is 463 g/mol. The van der Waals surface area contributed by atoms with Crippen molar-refractivity contribution >= 4 is 29.9 Å². The van der Waals surface area contributed by atoms with E-state index in [2.05, 4.69) is 15.6 Å². The number of guanidine groups is 1. The zero-order valence-corrected chi connectivity index (χ0v) is 16.2. The van der Waals surface area contributed by atoms with E-state index in [1.165, 1.54) is 30.3 Å². The topological polar surface area (TPSA) is 36.4 Å². The highest BCUT2D eigenvalue weighted by atomic mass is 127. The molecule has 0 aliphatic heterocycles. The molecular weight excluding hydrogens is 442 g/mol. The van der Waals surface area contributed by atoms with Gasteiger partial charge in [-0.25, -0.2) is 13.2 Å². The molecule has 0 fully saturated rings. The largest absolute Gasteiger partial charge is 0.356 e. The first-order valence-electron chi connectivity index (χ1n) is 7.72. The molecule has 0 atom stereocenters. The molecule has 3 nitrogen and oxygen atoms in total. The minimum atomic E-state index is -0.550. The van der Waals surface area contributed by atoms with Gasteiger partial charge in [0.1, 0.15) is 17.5 Å². The fourth-order valence-corrected chi connectivity index (χ4v) is 2.32. The molecule has 0 unspecified atom stereocenters. The van der Waals surface area contributed by atoms with Crippen LogP contribution in [0.25, 0.3) is 0 Å². The third-order valence-electron chi connectivity index (χ3n) is 3.55. The Morgan fingerprint density at radius 3 is 2.12 bits per heavy atom. The Bertz CT molecular complexity index is 687. The van der Waals surface area contributed by atoms with E-state index < -0.39 is 11.6 Å². The molecule has 0 saturated heterocycles. The van der Waals surface area contributed by atoms with Crippen LogP contribution in [0.15, 0.2) is 47.5 Å². The van der Waals surface area contributed by atoms with E-state index in [9.17, 15) is 13.2 Å². The molecular formula is C18H21F3IN3. The highest BCUT2D eigenvalue weighted by Crippen LogP contribution is 2.11. The number of halogens is 4. The number of aliphatic imine (C=N–C) groups is 1. The lowest BCUT2D eigenvalue weighted by Gasteiger charge is -2.12. The van der Waals surface area contributed by atoms with Crippen molar-refractivity contribution in [3.63, 3.8) is 0 Å². The van der Waals surface area contributed by atoms with Crippen molar-refractivity contribution in [1.82, 2.24) is 10.6 Å². The molecule has 2 rings (SSSR count). The smallest absolute Gasteiger partial charge is 0.190 e. The number of nitrogens with one attached hydrogen (secondary N) is 2. The van der Waals surface area contributed by atoms with Crippen molar-refractivity contribution in [2.45, 2.75) is 12.8 Å². The van der Waals surface area contributed by atoms with Gasteiger partial charge in [-0.1, -0.05) is 18.2 Å². The predicted molar refractivity (Wildman–Crippen MR) is 105 cm³/mol. The zero-order chi connectivity index (χ0) is 17.4. The lowest BCUT2D eigenvalue weighted by atomic mass is 10.1. The summed E-state index contributed by atoms with van der Waals surface area (Å²) in [4.78, 5) is 4.05. The highest BCUT2D eigenvalue weighted by molar-refractivity contribution is 14.0. The number of hydrogen-bond donors (Lipinski definition) is 2. The second-order valence-corrected chi connectivity index (χ2v) is 5.26. The van der Waals surface area contributed by atoms with E-state index in [0.717, 1.165) is 5.56 Å². The summed E-state index contributed by atoms with van der Waals surface area (Å²) in [5.74, 6) is -0.832. The maximum Gasteiger partial charge on any atom is 0.190 e. The van der Waals surface area contributed by atoms with Gasteiger partial charge in [-0.3, -0.25) is 4.99 Å². The highest BCUT2D eigenvalue weighted by Gasteiger charge is 2.08. The van der Waals surface area contributed by atoms with Gasteiger partial charge in [0, 0.05) is 25.7 Å². The van der Waals surface area contributed by atoms with Crippen LogP contribution in [0.1, 0.15) is 11.1 Å². The van der Waals surface area contributed by atoms with Gasteiger partial charge in [-0.05, 0) is 42.7 Å². The van der Waals surface area contributed by atoms with Crippen LogP contribution in [-0.2, 0) is 12.8 Å². The van der Waals surface area contributed by atoms with Crippen LogP contribution in [0.3, 0.4) is 0 Å². The van der Waals surface area contributed by atoms with Gasteiger partial charge in [0.25, 0.3) is 0 Å². The zero-order valence-electron chi connectivity index (χ0n) is 13.9. The molecule has 7 heteroatoms. The van der Waals surface area contributed by atoms with Gasteiger partial charge in [-0.2, -0.15) is 0 Å². The van der Waals surface area contributed by atoms with E-state index in [1.807, 2.05) is 6.07 Å². The number of benzene rings is 2. The minimum Gasteiger partial charge on any atom is -0.356 e. The molecule has 0 aliphatic rings. The molecule has 0 heterocycles. The van der Waals surface area contributed by atoms with Crippen LogP contribution in [-0.4, -0.2) is 26.1 Å². The number of hydrogen-bond acceptors (Lipinski definition) is 1. The second kappa shape index (κ2) is 11.0. The molecule has 2 N–H and O–H groups in total. The van der Waals surface area contributed by atoms with Crippen LogP contribution in [0.5, 0.6) is 0 Å². The number of nitrogens with zero attached hydrogens (tertiary/aromatic N) is 1. The Labute approximate surface area is 162 Å². The van der Waals surface area contributed by atoms with E-state index in [-0.39, 0.29) is 41.8 Å². The summed E-state index contributed by atoms with van der Waals surface area (Å²) < 4.78 is 40.2. The third-order valence-corrected chi connectivity index (χ3v) is 3.55. The summed E-state index contributed by atoms with van der Waals surface area (Å²) in [5.41, 5.74) is 0.937. The summed E-state index contributed by atoms with van der Waals surface area (Å²) in [5, 5.41) is 6.08. The van der Waals surface area contributed by atoms with Crippen molar-refractivity contribution in [2.24, 2.45) is 4.99 Å².